The Kier molecular flexibility index (Phi) is 12.6. The summed E-state index contributed by atoms with van der Waals surface area (Å²) in [6, 6.07) is 30.6. The Hall–Kier alpha value is -5.17. The molecule has 5 rings (SSSR count). The molecule has 2 amide bonds. The van der Waals surface area contributed by atoms with Gasteiger partial charge >= 0.3 is 5.97 Å². The van der Waals surface area contributed by atoms with Crippen molar-refractivity contribution in [3.63, 3.8) is 0 Å². The number of benzene rings is 4. The first kappa shape index (κ1) is 36.7. The molecule has 4 unspecified atom stereocenters. The molecule has 0 aliphatic carbocycles. The number of esters is 1. The van der Waals surface area contributed by atoms with E-state index >= 15 is 0 Å². The zero-order valence-electron chi connectivity index (χ0n) is 26.6. The van der Waals surface area contributed by atoms with Crippen molar-refractivity contribution in [1.29, 1.82) is 0 Å². The van der Waals surface area contributed by atoms with Crippen molar-refractivity contribution in [2.75, 3.05) is 4.90 Å². The van der Waals surface area contributed by atoms with Gasteiger partial charge in [-0.3, -0.25) is 24.6 Å². The van der Waals surface area contributed by atoms with Crippen molar-refractivity contribution < 1.29 is 33.4 Å². The van der Waals surface area contributed by atoms with Crippen LogP contribution in [0.15, 0.2) is 127 Å². The van der Waals surface area contributed by atoms with E-state index in [4.69, 9.17) is 15.4 Å². The van der Waals surface area contributed by atoms with Crippen molar-refractivity contribution in [3.8, 4) is 0 Å². The van der Waals surface area contributed by atoms with Crippen LogP contribution in [0.25, 0.3) is 0 Å². The van der Waals surface area contributed by atoms with E-state index in [9.17, 15) is 33.8 Å². The first-order valence-corrected chi connectivity index (χ1v) is 17.0. The van der Waals surface area contributed by atoms with Crippen LogP contribution in [0.4, 0.5) is 11.4 Å². The molecule has 13 heteroatoms. The highest BCUT2D eigenvalue weighted by Crippen LogP contribution is 2.36. The molecule has 1 heterocycles. The number of carbonyl (C=O) groups is 3. The van der Waals surface area contributed by atoms with Gasteiger partial charge in [-0.25, -0.2) is 9.00 Å². The van der Waals surface area contributed by atoms with E-state index in [0.29, 0.717) is 11.3 Å². The third kappa shape index (κ3) is 8.85. The molecule has 11 nitrogen and oxygen atoms in total. The van der Waals surface area contributed by atoms with Gasteiger partial charge in [-0.15, -0.1) is 0 Å². The van der Waals surface area contributed by atoms with Crippen LogP contribution >= 0.6 is 10.7 Å². The number of nitro groups is 1. The average Bonchev–Trinajstić information content (AvgIpc) is 3.10. The second kappa shape index (κ2) is 16.8. The van der Waals surface area contributed by atoms with Crippen LogP contribution in [0, 0.1) is 10.1 Å². The quantitative estimate of drug-likeness (QED) is 0.0512. The number of aliphatic hydroxyl groups excluding tert-OH is 1. The highest BCUT2D eigenvalue weighted by Gasteiger charge is 2.59. The minimum atomic E-state index is -2.15. The van der Waals surface area contributed by atoms with Crippen molar-refractivity contribution >= 4 is 49.9 Å². The number of hydrogen-bond acceptors (Lipinski definition) is 8. The topological polar surface area (TPSA) is 147 Å². The number of non-ortho nitro benzene ring substituents is 1. The average molecular weight is 704 g/mol. The number of ether oxygens (including phenoxy) is 1. The molecule has 1 saturated heterocycles. The molecule has 0 radical (unpaired) electrons. The SMILES string of the molecule is C=C(C)C(C(=O)OCc1ccc([N+](=O)[O-])cc1)N1C(=O)C(N(C(C)=O)c2ccccc2)C1S(=O)Cl.OC(c1ccccc1)c1ccccc1. The maximum Gasteiger partial charge on any atom is 0.333 e. The van der Waals surface area contributed by atoms with E-state index in [1.165, 1.54) is 43.0 Å². The van der Waals surface area contributed by atoms with Gasteiger partial charge in [0.15, 0.2) is 11.4 Å². The highest BCUT2D eigenvalue weighted by atomic mass is 35.7. The number of halogens is 1. The minimum absolute atomic E-state index is 0.113. The van der Waals surface area contributed by atoms with E-state index in [1.54, 1.807) is 30.3 Å². The van der Waals surface area contributed by atoms with E-state index in [-0.39, 0.29) is 17.9 Å². The molecular weight excluding hydrogens is 670 g/mol. The molecular formula is C36H34ClN3O8S. The fraction of sp³-hybridized carbons (Fsp3) is 0.194. The van der Waals surface area contributed by atoms with Crippen molar-refractivity contribution in [1.82, 2.24) is 4.90 Å². The van der Waals surface area contributed by atoms with E-state index in [2.05, 4.69) is 6.58 Å². The van der Waals surface area contributed by atoms with Gasteiger partial charge in [0, 0.05) is 24.7 Å². The number of rotatable bonds is 11. The third-order valence-electron chi connectivity index (χ3n) is 7.62. The minimum Gasteiger partial charge on any atom is -0.459 e. The van der Waals surface area contributed by atoms with Gasteiger partial charge in [0.25, 0.3) is 11.6 Å². The fourth-order valence-electron chi connectivity index (χ4n) is 5.26. The molecule has 49 heavy (non-hydrogen) atoms. The van der Waals surface area contributed by atoms with Crippen LogP contribution in [0.2, 0.25) is 0 Å². The van der Waals surface area contributed by atoms with Crippen LogP contribution in [-0.4, -0.2) is 54.4 Å². The number of β-lactam (4-membered cyclic amide) rings is 1. The molecule has 1 N–H and O–H groups in total. The summed E-state index contributed by atoms with van der Waals surface area (Å²) in [4.78, 5) is 51.1. The number of nitrogens with zero attached hydrogens (tertiary/aromatic N) is 3. The predicted molar refractivity (Wildman–Crippen MR) is 186 cm³/mol. The van der Waals surface area contributed by atoms with Crippen molar-refractivity contribution in [3.05, 3.63) is 154 Å². The highest BCUT2D eigenvalue weighted by molar-refractivity contribution is 8.08. The van der Waals surface area contributed by atoms with Crippen molar-refractivity contribution in [2.45, 2.75) is 44.0 Å². The lowest BCUT2D eigenvalue weighted by atomic mass is 9.97. The van der Waals surface area contributed by atoms with Gasteiger partial charge in [-0.2, -0.15) is 0 Å². The predicted octanol–water partition coefficient (Wildman–Crippen LogP) is 5.84. The molecule has 1 aliphatic rings. The van der Waals surface area contributed by atoms with E-state index in [1.807, 2.05) is 60.7 Å². The summed E-state index contributed by atoms with van der Waals surface area (Å²) in [5, 5.41) is 19.6. The normalized spacial score (nSPS) is 16.3. The summed E-state index contributed by atoms with van der Waals surface area (Å²) in [5.41, 5.74) is 2.89. The molecule has 0 saturated carbocycles. The molecule has 1 aliphatic heterocycles. The summed E-state index contributed by atoms with van der Waals surface area (Å²) < 4.78 is 17.8. The zero-order chi connectivity index (χ0) is 35.7. The van der Waals surface area contributed by atoms with Gasteiger partial charge in [-0.05, 0) is 64.1 Å². The second-order valence-corrected chi connectivity index (χ2v) is 12.9. The summed E-state index contributed by atoms with van der Waals surface area (Å²) >= 11 is 0. The Morgan fingerprint density at radius 2 is 1.43 bits per heavy atom. The molecule has 1 fully saturated rings. The number of likely N-dealkylation sites (tertiary alicyclic amines) is 1. The van der Waals surface area contributed by atoms with E-state index < -0.39 is 56.3 Å². The Balaban J connectivity index is 0.000000319. The molecule has 0 spiro atoms. The number of amides is 2. The summed E-state index contributed by atoms with van der Waals surface area (Å²) in [5.74, 6) is -1.94. The second-order valence-electron chi connectivity index (χ2n) is 11.1. The first-order chi connectivity index (χ1) is 23.4. The van der Waals surface area contributed by atoms with Gasteiger partial charge in [0.1, 0.15) is 28.8 Å². The van der Waals surface area contributed by atoms with Gasteiger partial charge in [-0.1, -0.05) is 85.4 Å². The molecule has 4 aromatic rings. The van der Waals surface area contributed by atoms with Crippen LogP contribution < -0.4 is 4.90 Å². The third-order valence-corrected chi connectivity index (χ3v) is 9.03. The maximum atomic E-state index is 13.2. The maximum absolute atomic E-state index is 13.2. The van der Waals surface area contributed by atoms with Crippen LogP contribution in [0.3, 0.4) is 0 Å². The molecule has 254 valence electrons. The lowest BCUT2D eigenvalue weighted by Gasteiger charge is -2.51. The number of aliphatic hydroxyl groups is 1. The zero-order valence-corrected chi connectivity index (χ0v) is 28.2. The Labute approximate surface area is 290 Å². The molecule has 0 aromatic heterocycles. The standard InChI is InChI=1S/C23H22ClN3O7S.C13H12O/c1-14(2)19(23(30)34-13-16-9-11-18(12-10-16)27(31)32)26-21(29)20(22(26)35(24)33)25(15(3)28)17-7-5-4-6-8-17;14-13(11-7-3-1-4-8-11)12-9-5-2-6-10-12/h4-12,19-20,22H,1,13H2,2-3H3;1-10,13-14H. The van der Waals surface area contributed by atoms with Crippen LogP contribution in [-0.2, 0) is 35.7 Å². The number of para-hydroxylation sites is 1. The molecule has 4 aromatic carbocycles. The number of anilines is 1. The molecule has 4 atom stereocenters. The largest absolute Gasteiger partial charge is 0.459 e. The number of hydrogen-bond donors (Lipinski definition) is 1. The van der Waals surface area contributed by atoms with Crippen LogP contribution in [0.5, 0.6) is 0 Å². The monoisotopic (exact) mass is 703 g/mol. The Morgan fingerprint density at radius 1 is 0.939 bits per heavy atom. The Bertz CT molecular complexity index is 1770. The molecule has 0 bridgehead atoms. The summed E-state index contributed by atoms with van der Waals surface area (Å²) in [6.07, 6.45) is -0.516. The summed E-state index contributed by atoms with van der Waals surface area (Å²) in [7, 11) is 3.80. The van der Waals surface area contributed by atoms with Gasteiger partial charge in [0.05, 0.1) is 4.92 Å². The number of carbonyl (C=O) groups excluding carboxylic acids is 3. The van der Waals surface area contributed by atoms with Crippen molar-refractivity contribution in [2.24, 2.45) is 0 Å². The summed E-state index contributed by atoms with van der Waals surface area (Å²) in [6.45, 7) is 6.32. The van der Waals surface area contributed by atoms with Gasteiger partial charge in [0.2, 0.25) is 5.91 Å². The van der Waals surface area contributed by atoms with E-state index in [0.717, 1.165) is 16.0 Å². The Morgan fingerprint density at radius 3 is 1.86 bits per heavy atom. The lowest BCUT2D eigenvalue weighted by Crippen LogP contribution is -2.75. The van der Waals surface area contributed by atoms with Gasteiger partial charge < -0.3 is 14.7 Å². The number of nitro benzene ring substituents is 1. The first-order valence-electron chi connectivity index (χ1n) is 15.0. The lowest BCUT2D eigenvalue weighted by molar-refractivity contribution is -0.384. The smallest absolute Gasteiger partial charge is 0.333 e. The van der Waals surface area contributed by atoms with Crippen LogP contribution in [0.1, 0.15) is 36.6 Å². The fourth-order valence-corrected chi connectivity index (χ4v) is 6.66.